The van der Waals surface area contributed by atoms with Crippen LogP contribution in [0.25, 0.3) is 10.9 Å². The summed E-state index contributed by atoms with van der Waals surface area (Å²) in [5, 5.41) is 0.507. The summed E-state index contributed by atoms with van der Waals surface area (Å²) in [4.78, 5) is 31.4. The summed E-state index contributed by atoms with van der Waals surface area (Å²) in [6.07, 6.45) is -0.657. The van der Waals surface area contributed by atoms with Crippen LogP contribution in [0.1, 0.15) is 29.2 Å². The summed E-state index contributed by atoms with van der Waals surface area (Å²) in [6, 6.07) is 14.2. The molecule has 23 heavy (non-hydrogen) atoms. The van der Waals surface area contributed by atoms with Gasteiger partial charge in [-0.25, -0.2) is 9.78 Å². The molecule has 3 rings (SSSR count). The van der Waals surface area contributed by atoms with Crippen molar-refractivity contribution in [3.63, 3.8) is 0 Å². The molecule has 0 bridgehead atoms. The fourth-order valence-corrected chi connectivity index (χ4v) is 2.81. The second-order valence-electron chi connectivity index (χ2n) is 5.00. The lowest BCUT2D eigenvalue weighted by molar-refractivity contribution is 0.0318. The molecule has 5 nitrogen and oxygen atoms in total. The van der Waals surface area contributed by atoms with Crippen LogP contribution >= 0.6 is 22.6 Å². The summed E-state index contributed by atoms with van der Waals surface area (Å²) >= 11 is 2.08. The number of benzene rings is 2. The molecule has 0 aliphatic carbocycles. The average Bonchev–Trinajstić information content (AvgIpc) is 2.55. The van der Waals surface area contributed by atoms with Crippen molar-refractivity contribution >= 4 is 39.5 Å². The molecule has 0 radical (unpaired) electrons. The molecule has 0 amide bonds. The third-order valence-corrected chi connectivity index (χ3v) is 4.33. The highest BCUT2D eigenvalue weighted by atomic mass is 127. The van der Waals surface area contributed by atoms with Crippen molar-refractivity contribution in [2.45, 2.75) is 13.0 Å². The number of nitrogens with zero attached hydrogens (tertiary/aromatic N) is 1. The van der Waals surface area contributed by atoms with Gasteiger partial charge in [0, 0.05) is 3.57 Å². The molecule has 1 N–H and O–H groups in total. The number of H-pyrrole nitrogens is 1. The first-order chi connectivity index (χ1) is 11.1. The van der Waals surface area contributed by atoms with E-state index in [9.17, 15) is 9.59 Å². The molecule has 1 aromatic heterocycles. The molecule has 0 fully saturated rings. The zero-order valence-corrected chi connectivity index (χ0v) is 14.4. The van der Waals surface area contributed by atoms with Gasteiger partial charge in [0.1, 0.15) is 0 Å². The van der Waals surface area contributed by atoms with E-state index < -0.39 is 12.1 Å². The third-order valence-electron chi connectivity index (χ3n) is 3.39. The van der Waals surface area contributed by atoms with Crippen LogP contribution in [0.4, 0.5) is 0 Å². The van der Waals surface area contributed by atoms with E-state index in [1.54, 1.807) is 37.3 Å². The lowest BCUT2D eigenvalue weighted by atomic mass is 10.2. The van der Waals surface area contributed by atoms with E-state index >= 15 is 0 Å². The number of aromatic nitrogens is 2. The summed E-state index contributed by atoms with van der Waals surface area (Å²) in [7, 11) is 0. The maximum atomic E-state index is 12.3. The minimum Gasteiger partial charge on any atom is -0.451 e. The number of ether oxygens (including phenoxy) is 1. The van der Waals surface area contributed by atoms with Crippen molar-refractivity contribution in [1.29, 1.82) is 0 Å². The van der Waals surface area contributed by atoms with Crippen LogP contribution in [0.2, 0.25) is 0 Å². The Morgan fingerprint density at radius 3 is 2.65 bits per heavy atom. The predicted molar refractivity (Wildman–Crippen MR) is 95.4 cm³/mol. The lowest BCUT2D eigenvalue weighted by Gasteiger charge is -2.13. The zero-order chi connectivity index (χ0) is 16.4. The second kappa shape index (κ2) is 6.49. The standard InChI is InChI=1S/C17H13IN2O3/c1-10(23-17(22)11-6-2-4-8-13(11)18)15-19-14-9-5-3-7-12(14)16(21)20-15/h2-10H,1H3,(H,19,20,21)/t10-/m1/s1. The summed E-state index contributed by atoms with van der Waals surface area (Å²) in [6.45, 7) is 1.68. The van der Waals surface area contributed by atoms with Gasteiger partial charge in [-0.05, 0) is 53.8 Å². The van der Waals surface area contributed by atoms with Gasteiger partial charge >= 0.3 is 5.97 Å². The highest BCUT2D eigenvalue weighted by Gasteiger charge is 2.18. The number of fused-ring (bicyclic) bond motifs is 1. The highest BCUT2D eigenvalue weighted by molar-refractivity contribution is 14.1. The van der Waals surface area contributed by atoms with Crippen LogP contribution in [0.5, 0.6) is 0 Å². The molecule has 2 aromatic carbocycles. The monoisotopic (exact) mass is 420 g/mol. The first-order valence-electron chi connectivity index (χ1n) is 7.00. The molecule has 1 heterocycles. The predicted octanol–water partition coefficient (Wildman–Crippen LogP) is 3.45. The molecule has 0 aliphatic heterocycles. The van der Waals surface area contributed by atoms with Crippen LogP contribution in [-0.4, -0.2) is 15.9 Å². The number of rotatable bonds is 3. The smallest absolute Gasteiger partial charge is 0.339 e. The third kappa shape index (κ3) is 3.26. The minimum absolute atomic E-state index is 0.247. The van der Waals surface area contributed by atoms with E-state index in [2.05, 4.69) is 32.6 Å². The topological polar surface area (TPSA) is 72.0 Å². The fourth-order valence-electron chi connectivity index (χ4n) is 2.20. The Kier molecular flexibility index (Phi) is 4.42. The zero-order valence-electron chi connectivity index (χ0n) is 12.2. The molecule has 6 heteroatoms. The van der Waals surface area contributed by atoms with E-state index in [4.69, 9.17) is 4.74 Å². The highest BCUT2D eigenvalue weighted by Crippen LogP contribution is 2.19. The molecule has 3 aromatic rings. The van der Waals surface area contributed by atoms with Gasteiger partial charge in [-0.3, -0.25) is 4.79 Å². The SMILES string of the molecule is C[C@@H](OC(=O)c1ccccc1I)c1nc2ccccc2c(=O)[nH]1. The van der Waals surface area contributed by atoms with Gasteiger partial charge in [0.25, 0.3) is 5.56 Å². The van der Waals surface area contributed by atoms with Gasteiger partial charge in [0.15, 0.2) is 11.9 Å². The fraction of sp³-hybridized carbons (Fsp3) is 0.118. The van der Waals surface area contributed by atoms with Gasteiger partial charge in [-0.1, -0.05) is 24.3 Å². The van der Waals surface area contributed by atoms with Crippen LogP contribution < -0.4 is 5.56 Å². The van der Waals surface area contributed by atoms with Gasteiger partial charge in [-0.15, -0.1) is 0 Å². The molecule has 0 saturated heterocycles. The van der Waals surface area contributed by atoms with Crippen molar-refractivity contribution in [3.8, 4) is 0 Å². The Morgan fingerprint density at radius 1 is 1.17 bits per heavy atom. The summed E-state index contributed by atoms with van der Waals surface area (Å²) < 4.78 is 6.24. The number of hydrogen-bond donors (Lipinski definition) is 1. The molecule has 0 aliphatic rings. The number of carbonyl (C=O) groups is 1. The number of para-hydroxylation sites is 1. The van der Waals surface area contributed by atoms with Crippen LogP contribution in [0, 0.1) is 3.57 Å². The quantitative estimate of drug-likeness (QED) is 0.521. The summed E-state index contributed by atoms with van der Waals surface area (Å²) in [5.74, 6) is -0.119. The Hall–Kier alpha value is -2.22. The van der Waals surface area contributed by atoms with Crippen molar-refractivity contribution < 1.29 is 9.53 Å². The molecule has 116 valence electrons. The minimum atomic E-state index is -0.657. The van der Waals surface area contributed by atoms with E-state index in [-0.39, 0.29) is 5.56 Å². The maximum absolute atomic E-state index is 12.3. The van der Waals surface area contributed by atoms with E-state index in [1.807, 2.05) is 18.2 Å². The Labute approximate surface area is 145 Å². The molecule has 0 unspecified atom stereocenters. The van der Waals surface area contributed by atoms with Gasteiger partial charge < -0.3 is 9.72 Å². The lowest BCUT2D eigenvalue weighted by Crippen LogP contribution is -2.17. The average molecular weight is 420 g/mol. The number of halogens is 1. The molecular formula is C17H13IN2O3. The molecule has 0 saturated carbocycles. The van der Waals surface area contributed by atoms with Crippen molar-refractivity contribution in [2.75, 3.05) is 0 Å². The largest absolute Gasteiger partial charge is 0.451 e. The van der Waals surface area contributed by atoms with Crippen LogP contribution in [-0.2, 0) is 4.74 Å². The van der Waals surface area contributed by atoms with E-state index in [1.165, 1.54) is 0 Å². The van der Waals surface area contributed by atoms with Crippen molar-refractivity contribution in [3.05, 3.63) is 73.8 Å². The second-order valence-corrected chi connectivity index (χ2v) is 6.16. The molecular weight excluding hydrogens is 407 g/mol. The van der Waals surface area contributed by atoms with Crippen LogP contribution in [0.3, 0.4) is 0 Å². The Morgan fingerprint density at radius 2 is 1.87 bits per heavy atom. The molecule has 0 spiro atoms. The van der Waals surface area contributed by atoms with E-state index in [0.717, 1.165) is 3.57 Å². The Balaban J connectivity index is 1.89. The first kappa shape index (κ1) is 15.7. The first-order valence-corrected chi connectivity index (χ1v) is 8.08. The van der Waals surface area contributed by atoms with E-state index in [0.29, 0.717) is 22.3 Å². The number of esters is 1. The van der Waals surface area contributed by atoms with Gasteiger partial charge in [0.05, 0.1) is 16.5 Å². The van der Waals surface area contributed by atoms with Crippen molar-refractivity contribution in [1.82, 2.24) is 9.97 Å². The van der Waals surface area contributed by atoms with Gasteiger partial charge in [0.2, 0.25) is 0 Å². The van der Waals surface area contributed by atoms with Gasteiger partial charge in [-0.2, -0.15) is 0 Å². The maximum Gasteiger partial charge on any atom is 0.339 e. The van der Waals surface area contributed by atoms with Crippen LogP contribution in [0.15, 0.2) is 53.3 Å². The number of nitrogens with one attached hydrogen (secondary N) is 1. The van der Waals surface area contributed by atoms with Crippen molar-refractivity contribution in [2.24, 2.45) is 0 Å². The molecule has 1 atom stereocenters. The summed E-state index contributed by atoms with van der Waals surface area (Å²) in [5.41, 5.74) is 0.814. The normalized spacial score (nSPS) is 12.1. The number of carbonyl (C=O) groups excluding carboxylic acids is 1. The Bertz CT molecular complexity index is 936. The number of aromatic amines is 1. The number of hydrogen-bond acceptors (Lipinski definition) is 4.